The number of benzene rings is 2. The maximum Gasteiger partial charge on any atom is 0.271 e. The van der Waals surface area contributed by atoms with Crippen molar-refractivity contribution < 1.29 is 9.72 Å². The average molecular weight is 394 g/mol. The Bertz CT molecular complexity index is 944. The van der Waals surface area contributed by atoms with Gasteiger partial charge in [-0.25, -0.2) is 4.99 Å². The number of amides is 1. The lowest BCUT2D eigenvalue weighted by Crippen LogP contribution is -2.19. The molecule has 0 spiro atoms. The summed E-state index contributed by atoms with van der Waals surface area (Å²) in [4.78, 5) is 26.9. The standard InChI is InChI=1S/C16H9Cl2N3O3S/c17-11-4-2-1-3-9(11)7-14-15(22)20-16(25-14)19-13-6-5-10(21(23)24)8-12(13)18/h1-8H,(H,19,20,22)/b14-7+. The topological polar surface area (TPSA) is 84.6 Å². The van der Waals surface area contributed by atoms with Crippen molar-refractivity contribution in [3.05, 3.63) is 73.1 Å². The minimum absolute atomic E-state index is 0.125. The minimum Gasteiger partial charge on any atom is -0.300 e. The summed E-state index contributed by atoms with van der Waals surface area (Å²) in [6.45, 7) is 0. The Balaban J connectivity index is 1.86. The molecule has 1 aliphatic rings. The number of rotatable bonds is 3. The quantitative estimate of drug-likeness (QED) is 0.461. The molecule has 0 bridgehead atoms. The van der Waals surface area contributed by atoms with Gasteiger partial charge in [-0.15, -0.1) is 0 Å². The smallest absolute Gasteiger partial charge is 0.271 e. The molecule has 126 valence electrons. The lowest BCUT2D eigenvalue weighted by molar-refractivity contribution is -0.384. The number of thioether (sulfide) groups is 1. The Morgan fingerprint density at radius 3 is 2.60 bits per heavy atom. The van der Waals surface area contributed by atoms with Crippen molar-refractivity contribution >= 4 is 63.5 Å². The summed E-state index contributed by atoms with van der Waals surface area (Å²) in [7, 11) is 0. The normalized spacial score (nSPS) is 17.1. The lowest BCUT2D eigenvalue weighted by atomic mass is 10.2. The van der Waals surface area contributed by atoms with Crippen molar-refractivity contribution in [2.75, 3.05) is 0 Å². The zero-order chi connectivity index (χ0) is 18.0. The molecule has 9 heteroatoms. The van der Waals surface area contributed by atoms with Crippen LogP contribution >= 0.6 is 35.0 Å². The molecule has 0 saturated carbocycles. The Morgan fingerprint density at radius 1 is 1.16 bits per heavy atom. The van der Waals surface area contributed by atoms with Crippen molar-refractivity contribution in [1.29, 1.82) is 0 Å². The molecule has 25 heavy (non-hydrogen) atoms. The number of aliphatic imine (C=N–C) groups is 1. The van der Waals surface area contributed by atoms with E-state index in [1.54, 1.807) is 24.3 Å². The van der Waals surface area contributed by atoms with Gasteiger partial charge >= 0.3 is 0 Å². The van der Waals surface area contributed by atoms with E-state index in [0.717, 1.165) is 17.3 Å². The number of non-ortho nitro benzene ring substituents is 1. The highest BCUT2D eigenvalue weighted by Gasteiger charge is 2.24. The third-order valence-corrected chi connectivity index (χ3v) is 4.76. The van der Waals surface area contributed by atoms with Gasteiger partial charge in [0.05, 0.1) is 20.5 Å². The number of carbonyl (C=O) groups excluding carboxylic acids is 1. The van der Waals surface area contributed by atoms with Crippen molar-refractivity contribution in [2.24, 2.45) is 4.99 Å². The monoisotopic (exact) mass is 393 g/mol. The second-order valence-corrected chi connectivity index (χ2v) is 6.74. The summed E-state index contributed by atoms with van der Waals surface area (Å²) in [6, 6.07) is 11.1. The molecule has 1 fully saturated rings. The van der Waals surface area contributed by atoms with E-state index in [4.69, 9.17) is 23.2 Å². The van der Waals surface area contributed by atoms with Gasteiger partial charge in [-0.2, -0.15) is 0 Å². The highest BCUT2D eigenvalue weighted by molar-refractivity contribution is 8.18. The predicted octanol–water partition coefficient (Wildman–Crippen LogP) is 4.79. The Kier molecular flexibility index (Phi) is 5.08. The van der Waals surface area contributed by atoms with E-state index in [9.17, 15) is 14.9 Å². The molecule has 0 atom stereocenters. The molecule has 2 aromatic carbocycles. The Hall–Kier alpha value is -2.35. The number of nitro benzene ring substituents is 1. The minimum atomic E-state index is -0.542. The van der Waals surface area contributed by atoms with E-state index in [-0.39, 0.29) is 16.6 Å². The van der Waals surface area contributed by atoms with E-state index in [1.165, 1.54) is 18.2 Å². The third-order valence-electron chi connectivity index (χ3n) is 3.21. The van der Waals surface area contributed by atoms with Crippen molar-refractivity contribution in [1.82, 2.24) is 5.32 Å². The molecule has 0 aromatic heterocycles. The summed E-state index contributed by atoms with van der Waals surface area (Å²) < 4.78 is 0. The molecule has 0 aliphatic carbocycles. The number of hydrogen-bond acceptors (Lipinski definition) is 5. The zero-order valence-electron chi connectivity index (χ0n) is 12.4. The van der Waals surface area contributed by atoms with Gasteiger partial charge in [0.25, 0.3) is 11.6 Å². The van der Waals surface area contributed by atoms with Crippen LogP contribution in [0.2, 0.25) is 10.0 Å². The summed E-state index contributed by atoms with van der Waals surface area (Å²) in [5.74, 6) is -0.304. The Morgan fingerprint density at radius 2 is 1.92 bits per heavy atom. The summed E-state index contributed by atoms with van der Waals surface area (Å²) in [5.41, 5.74) is 0.918. The number of halogens is 2. The molecular weight excluding hydrogens is 385 g/mol. The summed E-state index contributed by atoms with van der Waals surface area (Å²) in [6.07, 6.45) is 1.67. The number of nitrogens with one attached hydrogen (secondary N) is 1. The molecule has 3 rings (SSSR count). The predicted molar refractivity (Wildman–Crippen MR) is 100 cm³/mol. The molecule has 6 nitrogen and oxygen atoms in total. The van der Waals surface area contributed by atoms with Crippen molar-refractivity contribution in [2.45, 2.75) is 0 Å². The second-order valence-electron chi connectivity index (χ2n) is 4.90. The van der Waals surface area contributed by atoms with Crippen LogP contribution in [-0.2, 0) is 4.79 Å². The van der Waals surface area contributed by atoms with E-state index in [1.807, 2.05) is 6.07 Å². The van der Waals surface area contributed by atoms with E-state index in [2.05, 4.69) is 10.3 Å². The van der Waals surface area contributed by atoms with Gasteiger partial charge in [0, 0.05) is 17.2 Å². The first-order chi connectivity index (χ1) is 11.9. The van der Waals surface area contributed by atoms with E-state index < -0.39 is 4.92 Å². The number of nitrogens with zero attached hydrogens (tertiary/aromatic N) is 2. The molecule has 1 heterocycles. The van der Waals surface area contributed by atoms with E-state index in [0.29, 0.717) is 20.8 Å². The van der Waals surface area contributed by atoms with Gasteiger partial charge in [-0.05, 0) is 35.5 Å². The first-order valence-corrected chi connectivity index (χ1v) is 8.49. The van der Waals surface area contributed by atoms with Gasteiger partial charge in [-0.3, -0.25) is 14.9 Å². The van der Waals surface area contributed by atoms with Crippen molar-refractivity contribution in [3.63, 3.8) is 0 Å². The first-order valence-electron chi connectivity index (χ1n) is 6.92. The SMILES string of the molecule is O=C1NC(=Nc2ccc([N+](=O)[O-])cc2Cl)S/C1=C/c1ccccc1Cl. The second kappa shape index (κ2) is 7.26. The molecule has 1 N–H and O–H groups in total. The summed E-state index contributed by atoms with van der Waals surface area (Å²) in [5, 5.41) is 14.3. The molecular formula is C16H9Cl2N3O3S. The van der Waals surface area contributed by atoms with Crippen molar-refractivity contribution in [3.8, 4) is 0 Å². The van der Waals surface area contributed by atoms with Gasteiger partial charge < -0.3 is 5.32 Å². The molecule has 1 amide bonds. The third kappa shape index (κ3) is 4.01. The maximum absolute atomic E-state index is 12.1. The fraction of sp³-hybridized carbons (Fsp3) is 0. The molecule has 2 aromatic rings. The highest BCUT2D eigenvalue weighted by Crippen LogP contribution is 2.33. The highest BCUT2D eigenvalue weighted by atomic mass is 35.5. The number of carbonyl (C=O) groups is 1. The van der Waals surface area contributed by atoms with Crippen LogP contribution in [0.1, 0.15) is 5.56 Å². The van der Waals surface area contributed by atoms with Crippen LogP contribution in [0.25, 0.3) is 6.08 Å². The first kappa shape index (κ1) is 17.5. The Labute approximate surface area is 156 Å². The largest absolute Gasteiger partial charge is 0.300 e. The lowest BCUT2D eigenvalue weighted by Gasteiger charge is -1.99. The zero-order valence-corrected chi connectivity index (χ0v) is 14.7. The molecule has 1 saturated heterocycles. The van der Waals surface area contributed by atoms with Gasteiger partial charge in [-0.1, -0.05) is 41.4 Å². The molecule has 1 aliphatic heterocycles. The maximum atomic E-state index is 12.1. The fourth-order valence-corrected chi connectivity index (χ4v) is 3.26. The van der Waals surface area contributed by atoms with Crippen LogP contribution in [0.5, 0.6) is 0 Å². The van der Waals surface area contributed by atoms with Gasteiger partial charge in [0.1, 0.15) is 0 Å². The molecule has 0 radical (unpaired) electrons. The van der Waals surface area contributed by atoms with Crippen LogP contribution in [0.15, 0.2) is 52.4 Å². The van der Waals surface area contributed by atoms with Crippen LogP contribution in [0, 0.1) is 10.1 Å². The average Bonchev–Trinajstić information content (AvgIpc) is 2.91. The van der Waals surface area contributed by atoms with Crippen LogP contribution in [0.4, 0.5) is 11.4 Å². The number of amidine groups is 1. The van der Waals surface area contributed by atoms with E-state index >= 15 is 0 Å². The van der Waals surface area contributed by atoms with Crippen LogP contribution in [-0.4, -0.2) is 16.0 Å². The van der Waals surface area contributed by atoms with Gasteiger partial charge in [0.2, 0.25) is 0 Å². The van der Waals surface area contributed by atoms with Crippen LogP contribution < -0.4 is 5.32 Å². The summed E-state index contributed by atoms with van der Waals surface area (Å²) >= 11 is 13.2. The molecule has 0 unspecified atom stereocenters. The number of hydrogen-bond donors (Lipinski definition) is 1. The van der Waals surface area contributed by atoms with Gasteiger partial charge in [0.15, 0.2) is 5.17 Å². The fourth-order valence-electron chi connectivity index (χ4n) is 2.02. The number of nitro groups is 1. The van der Waals surface area contributed by atoms with Crippen LogP contribution in [0.3, 0.4) is 0 Å².